The van der Waals surface area contributed by atoms with Gasteiger partial charge < -0.3 is 0 Å². The number of amides is 6. The van der Waals surface area contributed by atoms with Gasteiger partial charge in [0, 0.05) is 25.0 Å². The van der Waals surface area contributed by atoms with Gasteiger partial charge in [0.25, 0.3) is 23.6 Å². The van der Waals surface area contributed by atoms with Crippen molar-refractivity contribution in [3.05, 3.63) is 47.5 Å². The van der Waals surface area contributed by atoms with E-state index in [2.05, 4.69) is 0 Å². The molecule has 1 aromatic carbocycles. The highest BCUT2D eigenvalue weighted by atomic mass is 32.2. The Hall–Kier alpha value is -3.77. The van der Waals surface area contributed by atoms with E-state index in [0.29, 0.717) is 4.31 Å². The van der Waals surface area contributed by atoms with Crippen LogP contribution in [-0.4, -0.2) is 92.4 Å². The van der Waals surface area contributed by atoms with Crippen LogP contribution in [0.3, 0.4) is 0 Å². The second kappa shape index (κ2) is 17.4. The number of imide groups is 3. The molecule has 0 bridgehead atoms. The van der Waals surface area contributed by atoms with Gasteiger partial charge in [-0.15, -0.1) is 0 Å². The SMILES string of the molecule is CC.CC.CC.CS(=O)(=O)N1C(=O)C=CC1=O.CS(=O)(=O)N1C(=O)CCC1=O.CS(=O)(=O)N1C(=O)c2ccccc2C1=O. The smallest absolute Gasteiger partial charge is 0.273 e. The second-order valence-electron chi connectivity index (χ2n) is 7.54. The molecule has 242 valence electrons. The summed E-state index contributed by atoms with van der Waals surface area (Å²) in [6, 6.07) is 6.02. The Morgan fingerprint density at radius 2 is 0.767 bits per heavy atom. The molecule has 3 heterocycles. The molecule has 18 heteroatoms. The first kappa shape index (κ1) is 41.4. The zero-order chi connectivity index (χ0) is 34.5. The van der Waals surface area contributed by atoms with Crippen molar-refractivity contribution < 1.29 is 54.0 Å². The molecule has 15 nitrogen and oxygen atoms in total. The van der Waals surface area contributed by atoms with Crippen LogP contribution >= 0.6 is 0 Å². The number of carbonyl (C=O) groups excluding carboxylic acids is 6. The van der Waals surface area contributed by atoms with E-state index in [1.807, 2.05) is 41.5 Å². The van der Waals surface area contributed by atoms with Gasteiger partial charge in [0.05, 0.1) is 29.9 Å². The first-order chi connectivity index (χ1) is 19.8. The fourth-order valence-corrected chi connectivity index (χ4v) is 5.60. The zero-order valence-electron chi connectivity index (χ0n) is 25.3. The molecule has 4 rings (SSSR count). The summed E-state index contributed by atoms with van der Waals surface area (Å²) in [5.74, 6) is -4.43. The van der Waals surface area contributed by atoms with Crippen LogP contribution in [0.1, 0.15) is 75.1 Å². The maximum absolute atomic E-state index is 11.6. The predicted octanol–water partition coefficient (Wildman–Crippen LogP) is 1.29. The number of carbonyl (C=O) groups is 6. The average Bonchev–Trinajstić information content (AvgIpc) is 3.54. The molecule has 0 unspecified atom stereocenters. The summed E-state index contributed by atoms with van der Waals surface area (Å²) >= 11 is 0. The number of nitrogens with zero attached hydrogens (tertiary/aromatic N) is 3. The molecule has 0 spiro atoms. The van der Waals surface area contributed by atoms with Gasteiger partial charge >= 0.3 is 0 Å². The average molecular weight is 668 g/mol. The Balaban J connectivity index is 0. The number of fused-ring (bicyclic) bond motifs is 1. The first-order valence-corrected chi connectivity index (χ1v) is 18.3. The van der Waals surface area contributed by atoms with E-state index in [4.69, 9.17) is 0 Å². The molecule has 1 saturated heterocycles. The van der Waals surface area contributed by atoms with E-state index < -0.39 is 65.5 Å². The predicted molar refractivity (Wildman–Crippen MR) is 158 cm³/mol. The molecule has 0 N–H and O–H groups in total. The Morgan fingerprint density at radius 1 is 0.488 bits per heavy atom. The zero-order valence-corrected chi connectivity index (χ0v) is 27.8. The number of hydrogen-bond donors (Lipinski definition) is 0. The summed E-state index contributed by atoms with van der Waals surface area (Å²) in [4.78, 5) is 66.0. The molecule has 0 aromatic heterocycles. The van der Waals surface area contributed by atoms with Crippen molar-refractivity contribution in [1.29, 1.82) is 0 Å². The normalized spacial score (nSPS) is 15.5. The van der Waals surface area contributed by atoms with Gasteiger partial charge in [0.2, 0.25) is 41.9 Å². The van der Waals surface area contributed by atoms with E-state index in [1.165, 1.54) is 12.1 Å². The van der Waals surface area contributed by atoms with Crippen LogP contribution < -0.4 is 0 Å². The number of hydrogen-bond acceptors (Lipinski definition) is 12. The molecule has 3 aliphatic heterocycles. The van der Waals surface area contributed by atoms with Crippen molar-refractivity contribution in [2.75, 3.05) is 18.8 Å². The molecule has 0 saturated carbocycles. The summed E-state index contributed by atoms with van der Waals surface area (Å²) in [7, 11) is -11.2. The number of benzene rings is 1. The lowest BCUT2D eigenvalue weighted by Gasteiger charge is -2.09. The van der Waals surface area contributed by atoms with Crippen LogP contribution in [0.4, 0.5) is 0 Å². The van der Waals surface area contributed by atoms with Crippen LogP contribution in [0, 0.1) is 0 Å². The third-order valence-corrected chi connectivity index (χ3v) is 7.61. The van der Waals surface area contributed by atoms with Gasteiger partial charge in [-0.25, -0.2) is 25.3 Å². The van der Waals surface area contributed by atoms with E-state index >= 15 is 0 Å². The minimum atomic E-state index is -3.83. The highest BCUT2D eigenvalue weighted by molar-refractivity contribution is 7.90. The molecule has 43 heavy (non-hydrogen) atoms. The molecule has 3 aliphatic rings. The highest BCUT2D eigenvalue weighted by Gasteiger charge is 2.41. The quantitative estimate of drug-likeness (QED) is 0.417. The fraction of sp³-hybridized carbons (Fsp3) is 0.440. The van der Waals surface area contributed by atoms with Crippen LogP contribution in [0.5, 0.6) is 0 Å². The number of rotatable bonds is 3. The standard InChI is InChI=1S/C9H7NO4S.C5H7NO4S.C5H5NO4S.3C2H6/c1-15(13,14)10-8(11)6-4-2-3-5-7(6)9(10)12;2*1-11(9,10)6-4(7)2-3-5(6)8;3*1-2/h2-5H,1H3;2-3H2,1H3;2-3H,1H3;3*1-2H3. The Labute approximate surface area is 252 Å². The largest absolute Gasteiger partial charge is 0.275 e. The Morgan fingerprint density at radius 3 is 0.977 bits per heavy atom. The van der Waals surface area contributed by atoms with E-state index in [1.54, 1.807) is 12.1 Å². The second-order valence-corrected chi connectivity index (χ2v) is 13.0. The maximum atomic E-state index is 11.6. The van der Waals surface area contributed by atoms with Crippen LogP contribution in [0.15, 0.2) is 36.4 Å². The lowest BCUT2D eigenvalue weighted by Crippen LogP contribution is -2.35. The molecule has 0 atom stereocenters. The maximum Gasteiger partial charge on any atom is 0.275 e. The van der Waals surface area contributed by atoms with Crippen LogP contribution in [0.2, 0.25) is 0 Å². The molecular formula is C25H37N3O12S3. The molecule has 6 amide bonds. The van der Waals surface area contributed by atoms with Crippen molar-refractivity contribution in [3.8, 4) is 0 Å². The van der Waals surface area contributed by atoms with Crippen molar-refractivity contribution in [3.63, 3.8) is 0 Å². The van der Waals surface area contributed by atoms with Gasteiger partial charge in [0.1, 0.15) is 0 Å². The van der Waals surface area contributed by atoms with Crippen molar-refractivity contribution in [1.82, 2.24) is 12.9 Å². The van der Waals surface area contributed by atoms with Gasteiger partial charge in [-0.2, -0.15) is 12.9 Å². The monoisotopic (exact) mass is 667 g/mol. The van der Waals surface area contributed by atoms with Crippen molar-refractivity contribution in [2.45, 2.75) is 54.4 Å². The minimum absolute atomic E-state index is 0.00586. The number of sulfonamides is 3. The minimum Gasteiger partial charge on any atom is -0.273 e. The Bertz CT molecular complexity index is 1480. The third-order valence-electron chi connectivity index (χ3n) is 4.53. The van der Waals surface area contributed by atoms with Gasteiger partial charge in [0.15, 0.2) is 0 Å². The molecule has 0 radical (unpaired) electrons. The molecule has 1 aromatic rings. The highest BCUT2D eigenvalue weighted by Crippen LogP contribution is 2.24. The van der Waals surface area contributed by atoms with Crippen molar-refractivity contribution >= 4 is 65.5 Å². The van der Waals surface area contributed by atoms with E-state index in [-0.39, 0.29) is 32.6 Å². The van der Waals surface area contributed by atoms with Gasteiger partial charge in [-0.3, -0.25) is 28.8 Å². The topological polar surface area (TPSA) is 215 Å². The van der Waals surface area contributed by atoms with Gasteiger partial charge in [-0.05, 0) is 12.1 Å². The molecular weight excluding hydrogens is 630 g/mol. The third kappa shape index (κ3) is 11.1. The molecule has 0 aliphatic carbocycles. The van der Waals surface area contributed by atoms with Crippen LogP contribution in [0.25, 0.3) is 0 Å². The lowest BCUT2D eigenvalue weighted by atomic mass is 10.1. The van der Waals surface area contributed by atoms with Crippen LogP contribution in [-0.2, 0) is 49.2 Å². The van der Waals surface area contributed by atoms with Crippen molar-refractivity contribution in [2.24, 2.45) is 0 Å². The molecule has 1 fully saturated rings. The summed E-state index contributed by atoms with van der Waals surface area (Å²) in [5, 5.41) is 0. The summed E-state index contributed by atoms with van der Waals surface area (Å²) in [6.45, 7) is 12.0. The van der Waals surface area contributed by atoms with E-state index in [9.17, 15) is 54.0 Å². The summed E-state index contributed by atoms with van der Waals surface area (Å²) in [5.41, 5.74) is 0.265. The lowest BCUT2D eigenvalue weighted by molar-refractivity contribution is -0.133. The Kier molecular flexibility index (Phi) is 16.7. The summed E-state index contributed by atoms with van der Waals surface area (Å²) in [6.07, 6.45) is 4.32. The first-order valence-electron chi connectivity index (χ1n) is 12.8. The fourth-order valence-electron chi connectivity index (χ4n) is 3.11. The summed E-state index contributed by atoms with van der Waals surface area (Å²) < 4.78 is 66.1. The van der Waals surface area contributed by atoms with Gasteiger partial charge in [-0.1, -0.05) is 53.7 Å². The van der Waals surface area contributed by atoms with E-state index in [0.717, 1.165) is 30.9 Å².